The van der Waals surface area contributed by atoms with Crippen molar-refractivity contribution in [2.45, 2.75) is 32.7 Å². The third kappa shape index (κ3) is 1.25. The second-order valence-corrected chi connectivity index (χ2v) is 4.62. The van der Waals surface area contributed by atoms with Gasteiger partial charge in [-0.3, -0.25) is 4.98 Å². The van der Waals surface area contributed by atoms with Crippen molar-refractivity contribution in [1.29, 1.82) is 0 Å². The molecule has 1 fully saturated rings. The number of aromatic nitrogens is 1. The SMILES string of the molecule is Cc1cncc(C2C(N)C2(C)C)c1. The summed E-state index contributed by atoms with van der Waals surface area (Å²) in [4.78, 5) is 4.19. The molecule has 0 saturated heterocycles. The smallest absolute Gasteiger partial charge is 0.0303 e. The molecule has 1 saturated carbocycles. The highest BCUT2D eigenvalue weighted by atomic mass is 14.8. The van der Waals surface area contributed by atoms with Crippen molar-refractivity contribution >= 4 is 0 Å². The summed E-state index contributed by atoms with van der Waals surface area (Å²) in [5, 5.41) is 0. The van der Waals surface area contributed by atoms with E-state index in [1.54, 1.807) is 0 Å². The molecular weight excluding hydrogens is 160 g/mol. The Morgan fingerprint density at radius 3 is 2.46 bits per heavy atom. The van der Waals surface area contributed by atoms with E-state index in [2.05, 4.69) is 31.8 Å². The predicted octanol–water partition coefficient (Wildman–Crippen LogP) is 1.84. The molecule has 2 nitrogen and oxygen atoms in total. The summed E-state index contributed by atoms with van der Waals surface area (Å²) >= 11 is 0. The van der Waals surface area contributed by atoms with Gasteiger partial charge in [-0.05, 0) is 23.5 Å². The highest BCUT2D eigenvalue weighted by Gasteiger charge is 2.56. The van der Waals surface area contributed by atoms with E-state index in [0.29, 0.717) is 12.0 Å². The molecule has 1 aliphatic carbocycles. The maximum absolute atomic E-state index is 6.00. The van der Waals surface area contributed by atoms with E-state index in [1.807, 2.05) is 12.4 Å². The molecule has 1 aromatic heterocycles. The lowest BCUT2D eigenvalue weighted by atomic mass is 10.0. The van der Waals surface area contributed by atoms with Crippen LogP contribution in [0.1, 0.15) is 30.9 Å². The molecule has 0 aliphatic heterocycles. The number of hydrogen-bond donors (Lipinski definition) is 1. The molecule has 2 unspecified atom stereocenters. The molecule has 1 aliphatic rings. The zero-order valence-corrected chi connectivity index (χ0v) is 8.41. The fourth-order valence-corrected chi connectivity index (χ4v) is 2.06. The first-order chi connectivity index (χ1) is 6.03. The van der Waals surface area contributed by atoms with E-state index >= 15 is 0 Å². The van der Waals surface area contributed by atoms with E-state index in [4.69, 9.17) is 5.73 Å². The summed E-state index contributed by atoms with van der Waals surface area (Å²) in [5.41, 5.74) is 8.76. The van der Waals surface area contributed by atoms with E-state index in [-0.39, 0.29) is 5.41 Å². The first-order valence-corrected chi connectivity index (χ1v) is 4.70. The Balaban J connectivity index is 2.29. The lowest BCUT2D eigenvalue weighted by Crippen LogP contribution is -2.06. The van der Waals surface area contributed by atoms with Gasteiger partial charge in [0.15, 0.2) is 0 Å². The summed E-state index contributed by atoms with van der Waals surface area (Å²) in [6, 6.07) is 2.49. The Hall–Kier alpha value is -0.890. The van der Waals surface area contributed by atoms with Crippen LogP contribution >= 0.6 is 0 Å². The van der Waals surface area contributed by atoms with Crippen LogP contribution < -0.4 is 5.73 Å². The lowest BCUT2D eigenvalue weighted by Gasteiger charge is -2.02. The second kappa shape index (κ2) is 2.55. The monoisotopic (exact) mass is 176 g/mol. The number of nitrogens with zero attached hydrogens (tertiary/aromatic N) is 1. The van der Waals surface area contributed by atoms with Crippen molar-refractivity contribution in [2.75, 3.05) is 0 Å². The van der Waals surface area contributed by atoms with Crippen LogP contribution in [0.5, 0.6) is 0 Å². The molecule has 70 valence electrons. The van der Waals surface area contributed by atoms with Gasteiger partial charge in [-0.15, -0.1) is 0 Å². The molecule has 0 amide bonds. The maximum Gasteiger partial charge on any atom is 0.0303 e. The molecule has 1 heterocycles. The number of pyridine rings is 1. The van der Waals surface area contributed by atoms with Crippen LogP contribution in [-0.4, -0.2) is 11.0 Å². The number of aryl methyl sites for hydroxylation is 1. The van der Waals surface area contributed by atoms with Crippen LogP contribution in [0.2, 0.25) is 0 Å². The van der Waals surface area contributed by atoms with Crippen molar-refractivity contribution in [3.63, 3.8) is 0 Å². The molecule has 13 heavy (non-hydrogen) atoms. The molecular formula is C11H16N2. The summed E-state index contributed by atoms with van der Waals surface area (Å²) in [5.74, 6) is 0.500. The minimum absolute atomic E-state index is 0.259. The topological polar surface area (TPSA) is 38.9 Å². The molecule has 2 heteroatoms. The molecule has 2 rings (SSSR count). The average Bonchev–Trinajstić information content (AvgIpc) is 2.51. The van der Waals surface area contributed by atoms with Crippen LogP contribution in [0.3, 0.4) is 0 Å². The van der Waals surface area contributed by atoms with Gasteiger partial charge >= 0.3 is 0 Å². The summed E-state index contributed by atoms with van der Waals surface area (Å²) in [7, 11) is 0. The molecule has 2 N–H and O–H groups in total. The third-order valence-corrected chi connectivity index (χ3v) is 3.17. The second-order valence-electron chi connectivity index (χ2n) is 4.62. The van der Waals surface area contributed by atoms with Crippen molar-refractivity contribution < 1.29 is 0 Å². The van der Waals surface area contributed by atoms with Gasteiger partial charge in [-0.25, -0.2) is 0 Å². The Labute approximate surface area is 79.2 Å². The van der Waals surface area contributed by atoms with Gasteiger partial charge in [0.25, 0.3) is 0 Å². The minimum Gasteiger partial charge on any atom is -0.327 e. The Morgan fingerprint density at radius 1 is 1.38 bits per heavy atom. The van der Waals surface area contributed by atoms with Crippen molar-refractivity contribution in [2.24, 2.45) is 11.1 Å². The summed E-state index contributed by atoms with van der Waals surface area (Å²) < 4.78 is 0. The van der Waals surface area contributed by atoms with Gasteiger partial charge in [0, 0.05) is 24.4 Å². The van der Waals surface area contributed by atoms with E-state index < -0.39 is 0 Å². The highest BCUT2D eigenvalue weighted by Crippen LogP contribution is 2.57. The van der Waals surface area contributed by atoms with Crippen LogP contribution in [0.15, 0.2) is 18.5 Å². The van der Waals surface area contributed by atoms with Crippen molar-refractivity contribution in [3.05, 3.63) is 29.6 Å². The highest BCUT2D eigenvalue weighted by molar-refractivity contribution is 5.33. The fraction of sp³-hybridized carbons (Fsp3) is 0.545. The van der Waals surface area contributed by atoms with Gasteiger partial charge < -0.3 is 5.73 Å². The number of hydrogen-bond acceptors (Lipinski definition) is 2. The van der Waals surface area contributed by atoms with Crippen molar-refractivity contribution in [1.82, 2.24) is 4.98 Å². The average molecular weight is 176 g/mol. The third-order valence-electron chi connectivity index (χ3n) is 3.17. The van der Waals surface area contributed by atoms with Gasteiger partial charge in [0.2, 0.25) is 0 Å². The molecule has 0 aromatic carbocycles. The zero-order chi connectivity index (χ0) is 9.64. The van der Waals surface area contributed by atoms with E-state index in [0.717, 1.165) is 0 Å². The first kappa shape index (κ1) is 8.70. The van der Waals surface area contributed by atoms with Crippen LogP contribution in [-0.2, 0) is 0 Å². The molecule has 2 atom stereocenters. The lowest BCUT2D eigenvalue weighted by molar-refractivity contribution is 0.598. The quantitative estimate of drug-likeness (QED) is 0.709. The van der Waals surface area contributed by atoms with E-state index in [1.165, 1.54) is 11.1 Å². The van der Waals surface area contributed by atoms with Crippen molar-refractivity contribution in [3.8, 4) is 0 Å². The predicted molar refractivity (Wildman–Crippen MR) is 53.5 cm³/mol. The zero-order valence-electron chi connectivity index (χ0n) is 8.41. The molecule has 0 spiro atoms. The van der Waals surface area contributed by atoms with Crippen LogP contribution in [0, 0.1) is 12.3 Å². The van der Waals surface area contributed by atoms with Gasteiger partial charge in [0.05, 0.1) is 0 Å². The first-order valence-electron chi connectivity index (χ1n) is 4.70. The Kier molecular flexibility index (Phi) is 1.70. The van der Waals surface area contributed by atoms with E-state index in [9.17, 15) is 0 Å². The normalized spacial score (nSPS) is 30.2. The fourth-order valence-electron chi connectivity index (χ4n) is 2.06. The van der Waals surface area contributed by atoms with Gasteiger partial charge in [-0.1, -0.05) is 19.9 Å². The molecule has 0 bridgehead atoms. The van der Waals surface area contributed by atoms with Crippen LogP contribution in [0.25, 0.3) is 0 Å². The standard InChI is InChI=1S/C11H16N2/c1-7-4-8(6-13-5-7)9-10(12)11(9,2)3/h4-6,9-10H,12H2,1-3H3. The van der Waals surface area contributed by atoms with Crippen LogP contribution in [0.4, 0.5) is 0 Å². The van der Waals surface area contributed by atoms with Gasteiger partial charge in [-0.2, -0.15) is 0 Å². The summed E-state index contributed by atoms with van der Waals surface area (Å²) in [6.07, 6.45) is 3.82. The Bertz CT molecular complexity index is 331. The number of rotatable bonds is 1. The largest absolute Gasteiger partial charge is 0.327 e. The van der Waals surface area contributed by atoms with Gasteiger partial charge in [0.1, 0.15) is 0 Å². The Morgan fingerprint density at radius 2 is 2.00 bits per heavy atom. The number of nitrogens with two attached hydrogens (primary N) is 1. The molecule has 1 aromatic rings. The summed E-state index contributed by atoms with van der Waals surface area (Å²) in [6.45, 7) is 6.49. The minimum atomic E-state index is 0.259. The molecule has 0 radical (unpaired) electrons. The maximum atomic E-state index is 6.00.